The summed E-state index contributed by atoms with van der Waals surface area (Å²) in [5.41, 5.74) is 15.9. The number of aryl methyl sites for hydroxylation is 1. The summed E-state index contributed by atoms with van der Waals surface area (Å²) in [6.45, 7) is 9.17. The molecule has 0 bridgehead atoms. The summed E-state index contributed by atoms with van der Waals surface area (Å²) < 4.78 is 29.7. The van der Waals surface area contributed by atoms with Gasteiger partial charge in [-0.1, -0.05) is 107 Å². The van der Waals surface area contributed by atoms with Crippen molar-refractivity contribution in [1.82, 2.24) is 30.9 Å². The summed E-state index contributed by atoms with van der Waals surface area (Å²) in [4.78, 5) is 48.8. The third kappa shape index (κ3) is 23.3. The molecule has 17 heteroatoms. The fourth-order valence-electron chi connectivity index (χ4n) is 10.2. The average Bonchev–Trinajstić information content (AvgIpc) is 4.17. The van der Waals surface area contributed by atoms with Crippen molar-refractivity contribution in [3.05, 3.63) is 95.1 Å². The van der Waals surface area contributed by atoms with Crippen molar-refractivity contribution in [3.8, 4) is 22.6 Å². The summed E-state index contributed by atoms with van der Waals surface area (Å²) in [5, 5.41) is 27.3. The Balaban J connectivity index is 0.976. The summed E-state index contributed by atoms with van der Waals surface area (Å²) in [5.74, 6) is 0.448. The van der Waals surface area contributed by atoms with Gasteiger partial charge in [-0.15, -0.1) is 5.10 Å². The minimum Gasteiger partial charge on any atom is -0.497 e. The average molecular weight is 1070 g/mol. The van der Waals surface area contributed by atoms with E-state index in [2.05, 4.69) is 52.4 Å². The number of ether oxygens (including phenoxy) is 2. The van der Waals surface area contributed by atoms with Gasteiger partial charge in [0.05, 0.1) is 65.3 Å². The zero-order valence-corrected chi connectivity index (χ0v) is 46.7. The van der Waals surface area contributed by atoms with Crippen LogP contribution < -0.4 is 36.9 Å². The molecule has 1 aliphatic rings. The smallest absolute Gasteiger partial charge is 0.303 e. The molecule has 16 nitrogen and oxygen atoms in total. The van der Waals surface area contributed by atoms with Crippen LogP contribution in [0, 0.1) is 17.2 Å². The van der Waals surface area contributed by atoms with Crippen molar-refractivity contribution < 1.29 is 42.6 Å². The van der Waals surface area contributed by atoms with Gasteiger partial charge in [-0.3, -0.25) is 23.9 Å². The summed E-state index contributed by atoms with van der Waals surface area (Å²) in [6, 6.07) is 18.7. The number of aromatic nitrogens is 3. The van der Waals surface area contributed by atoms with Gasteiger partial charge in [-0.25, -0.2) is 4.39 Å². The van der Waals surface area contributed by atoms with Crippen LogP contribution in [0.5, 0.6) is 11.5 Å². The van der Waals surface area contributed by atoms with E-state index in [-0.39, 0.29) is 41.3 Å². The molecule has 4 aromatic rings. The second-order valence-electron chi connectivity index (χ2n) is 22.3. The number of methoxy groups -OCH3 is 1. The zero-order valence-electron chi connectivity index (χ0n) is 46.7. The summed E-state index contributed by atoms with van der Waals surface area (Å²) in [7, 11) is 3.60. The van der Waals surface area contributed by atoms with Crippen LogP contribution >= 0.6 is 0 Å². The number of quaternary nitrogens is 1. The Labute approximate surface area is 457 Å². The fourth-order valence-corrected chi connectivity index (χ4v) is 10.2. The molecule has 3 aromatic carbocycles. The molecule has 3 amide bonds. The number of unbranched alkanes of at least 4 members (excludes halogenated alkanes) is 10. The van der Waals surface area contributed by atoms with Gasteiger partial charge in [0, 0.05) is 50.9 Å². The number of amides is 3. The van der Waals surface area contributed by atoms with Crippen LogP contribution in [0.25, 0.3) is 11.1 Å². The topological polar surface area (TPSA) is 226 Å². The first-order valence-electron chi connectivity index (χ1n) is 28.4. The van der Waals surface area contributed by atoms with E-state index < -0.39 is 5.97 Å². The standard InChI is InChI=1S/C60H90FN9O7/c1-60(2,41-48-37-45(21-25-52(48)54-39-50(76-4)24-26-55(54)61)43-77-51-19-16-17-47(38-51)53(40-59(74)75)46-22-23-46)44-69-42-49(67-68-69)18-14-12-10-8-6-5-7-9-11-13-15-20-56(71)66-33-36-70(3,34-27-57(72)64-31-29-62)35-28-58(73)65-32-30-63/h16-17,19,21,24-26,37-39,42,46,53H,5-15,18,20,22-23,27-36,40-41,43-44,62-63H2,1-4H3,(H3-,64,65,66,71,72,73,74,75)/p+1/t53-/m0/s1. The number of carboxylic acid groups (broad SMARTS) is 1. The third-order valence-corrected chi connectivity index (χ3v) is 14.8. The Morgan fingerprint density at radius 1 is 0.766 bits per heavy atom. The van der Waals surface area contributed by atoms with Crippen LogP contribution in [-0.2, 0) is 45.2 Å². The molecule has 1 heterocycles. The van der Waals surface area contributed by atoms with Crippen LogP contribution in [0.2, 0.25) is 0 Å². The molecule has 1 saturated carbocycles. The van der Waals surface area contributed by atoms with Gasteiger partial charge in [0.15, 0.2) is 0 Å². The maximum Gasteiger partial charge on any atom is 0.303 e. The SMILES string of the molecule is COc1ccc(F)c(-c2ccc(COc3cccc([C@@H](CC(=O)O)C4CC4)c3)cc2CC(C)(C)Cn2cc(CCCCCCCCCCCCCC(=O)NCC[N+](C)(CCC(=O)NCCN)CCC(=O)NCCN)nn2)c1. The van der Waals surface area contributed by atoms with E-state index >= 15 is 4.39 Å². The summed E-state index contributed by atoms with van der Waals surface area (Å²) >= 11 is 0. The molecule has 1 aromatic heterocycles. The molecule has 1 atom stereocenters. The predicted octanol–water partition coefficient (Wildman–Crippen LogP) is 8.63. The van der Waals surface area contributed by atoms with Crippen LogP contribution in [0.1, 0.15) is 151 Å². The first-order chi connectivity index (χ1) is 37.1. The number of benzene rings is 3. The van der Waals surface area contributed by atoms with Crippen molar-refractivity contribution in [2.45, 2.75) is 155 Å². The molecule has 8 N–H and O–H groups in total. The van der Waals surface area contributed by atoms with Gasteiger partial charge in [0.25, 0.3) is 0 Å². The first kappa shape index (κ1) is 61.9. The highest BCUT2D eigenvalue weighted by atomic mass is 19.1. The van der Waals surface area contributed by atoms with Gasteiger partial charge in [-0.2, -0.15) is 0 Å². The highest BCUT2D eigenvalue weighted by Gasteiger charge is 2.34. The molecule has 0 spiro atoms. The molecule has 0 radical (unpaired) electrons. The van der Waals surface area contributed by atoms with E-state index in [4.69, 9.17) is 20.9 Å². The fraction of sp³-hybridized carbons (Fsp3) is 0.600. The molecule has 0 saturated heterocycles. The van der Waals surface area contributed by atoms with Crippen LogP contribution in [0.4, 0.5) is 4.39 Å². The Bertz CT molecular complexity index is 2420. The van der Waals surface area contributed by atoms with Gasteiger partial charge in [0.1, 0.15) is 23.9 Å². The molecule has 0 aliphatic heterocycles. The van der Waals surface area contributed by atoms with E-state index in [1.54, 1.807) is 19.2 Å². The molecule has 1 fully saturated rings. The third-order valence-electron chi connectivity index (χ3n) is 14.8. The molecule has 5 rings (SSSR count). The van der Waals surface area contributed by atoms with Crippen molar-refractivity contribution in [2.75, 3.05) is 66.5 Å². The number of likely N-dealkylation sites (N-methyl/N-ethyl adjacent to an activating group) is 1. The van der Waals surface area contributed by atoms with E-state index in [0.29, 0.717) is 119 Å². The minimum atomic E-state index is -0.788. The quantitative estimate of drug-likeness (QED) is 0.0183. The maximum absolute atomic E-state index is 15.5. The molecule has 424 valence electrons. The van der Waals surface area contributed by atoms with Gasteiger partial charge < -0.3 is 46.5 Å². The predicted molar refractivity (Wildman–Crippen MR) is 301 cm³/mol. The number of carbonyl (C=O) groups is 4. The number of carboxylic acids is 1. The number of hydrogen-bond donors (Lipinski definition) is 6. The van der Waals surface area contributed by atoms with Crippen molar-refractivity contribution >= 4 is 23.7 Å². The van der Waals surface area contributed by atoms with E-state index in [1.807, 2.05) is 48.1 Å². The van der Waals surface area contributed by atoms with Crippen LogP contribution in [0.15, 0.2) is 66.9 Å². The molecule has 0 unspecified atom stereocenters. The maximum atomic E-state index is 15.5. The molecule has 1 aliphatic carbocycles. The number of halogens is 1. The molecule has 77 heavy (non-hydrogen) atoms. The highest BCUT2D eigenvalue weighted by molar-refractivity contribution is 5.77. The number of nitrogens with two attached hydrogens (primary N) is 2. The monoisotopic (exact) mass is 1070 g/mol. The largest absolute Gasteiger partial charge is 0.497 e. The lowest BCUT2D eigenvalue weighted by atomic mass is 9.82. The highest BCUT2D eigenvalue weighted by Crippen LogP contribution is 2.45. The Kier molecular flexibility index (Phi) is 26.3. The number of hydrogen-bond acceptors (Lipinski definition) is 10. The van der Waals surface area contributed by atoms with Gasteiger partial charge in [0.2, 0.25) is 17.7 Å². The molecular formula is C60H91FN9O7+. The second kappa shape index (κ2) is 32.7. The Morgan fingerprint density at radius 3 is 2.01 bits per heavy atom. The number of carbonyl (C=O) groups excluding carboxylic acids is 3. The lowest BCUT2D eigenvalue weighted by Crippen LogP contribution is -2.52. The van der Waals surface area contributed by atoms with E-state index in [9.17, 15) is 24.3 Å². The number of nitrogens with one attached hydrogen (secondary N) is 3. The number of nitrogens with zero attached hydrogens (tertiary/aromatic N) is 4. The summed E-state index contributed by atoms with van der Waals surface area (Å²) in [6.07, 6.45) is 19.5. The van der Waals surface area contributed by atoms with Crippen LogP contribution in [-0.4, -0.2) is 115 Å². The van der Waals surface area contributed by atoms with Crippen molar-refractivity contribution in [3.63, 3.8) is 0 Å². The van der Waals surface area contributed by atoms with Crippen molar-refractivity contribution in [2.24, 2.45) is 22.8 Å². The second-order valence-corrected chi connectivity index (χ2v) is 22.3. The van der Waals surface area contributed by atoms with Gasteiger partial charge >= 0.3 is 5.97 Å². The Hall–Kier alpha value is -5.91. The molecular weight excluding hydrogens is 978 g/mol. The van der Waals surface area contributed by atoms with E-state index in [0.717, 1.165) is 79.3 Å². The lowest BCUT2D eigenvalue weighted by Gasteiger charge is -2.34. The minimum absolute atomic E-state index is 0.0209. The normalized spacial score (nSPS) is 13.0. The van der Waals surface area contributed by atoms with E-state index in [1.165, 1.54) is 44.6 Å². The number of rotatable bonds is 40. The van der Waals surface area contributed by atoms with Crippen molar-refractivity contribution in [1.29, 1.82) is 0 Å². The number of aliphatic carboxylic acids is 1. The van der Waals surface area contributed by atoms with Crippen LogP contribution in [0.3, 0.4) is 0 Å². The lowest BCUT2D eigenvalue weighted by molar-refractivity contribution is -0.907. The van der Waals surface area contributed by atoms with Gasteiger partial charge in [-0.05, 0) is 108 Å². The first-order valence-corrected chi connectivity index (χ1v) is 28.4. The zero-order chi connectivity index (χ0) is 55.5. The Morgan fingerprint density at radius 2 is 1.39 bits per heavy atom.